The van der Waals surface area contributed by atoms with Crippen LogP contribution in [0.25, 0.3) is 11.3 Å². The van der Waals surface area contributed by atoms with Gasteiger partial charge in [-0.1, -0.05) is 6.07 Å². The minimum absolute atomic E-state index is 0.140. The molecule has 0 atom stereocenters. The molecule has 1 aliphatic heterocycles. The van der Waals surface area contributed by atoms with Crippen molar-refractivity contribution in [2.24, 2.45) is 5.92 Å². The third-order valence-electron chi connectivity index (χ3n) is 5.46. The second-order valence-electron chi connectivity index (χ2n) is 7.81. The summed E-state index contributed by atoms with van der Waals surface area (Å²) < 4.78 is 10.9. The summed E-state index contributed by atoms with van der Waals surface area (Å²) in [5, 5.41) is 6.38. The first-order valence-corrected chi connectivity index (χ1v) is 10.6. The van der Waals surface area contributed by atoms with Crippen LogP contribution >= 0.6 is 0 Å². The molecule has 1 saturated carbocycles. The molecule has 7 nitrogen and oxygen atoms in total. The maximum Gasteiger partial charge on any atom is 0.255 e. The molecule has 0 saturated heterocycles. The van der Waals surface area contributed by atoms with Crippen LogP contribution in [0.3, 0.4) is 0 Å². The van der Waals surface area contributed by atoms with Gasteiger partial charge in [0.2, 0.25) is 6.79 Å². The molecule has 0 unspecified atom stereocenters. The number of carbonyl (C=O) groups is 1. The van der Waals surface area contributed by atoms with Gasteiger partial charge in [-0.2, -0.15) is 0 Å². The quantitative estimate of drug-likeness (QED) is 0.583. The lowest BCUT2D eigenvalue weighted by Gasteiger charge is -2.13. The number of nitrogens with one attached hydrogen (secondary N) is 2. The number of nitrogens with zero attached hydrogens (tertiary/aromatic N) is 2. The van der Waals surface area contributed by atoms with E-state index in [9.17, 15) is 4.79 Å². The molecular weight excluding hydrogens is 392 g/mol. The van der Waals surface area contributed by atoms with E-state index in [-0.39, 0.29) is 12.7 Å². The number of hydrogen-bond donors (Lipinski definition) is 2. The Hall–Kier alpha value is -3.61. The van der Waals surface area contributed by atoms with E-state index in [1.165, 1.54) is 12.8 Å². The van der Waals surface area contributed by atoms with Crippen molar-refractivity contribution in [3.63, 3.8) is 0 Å². The standard InChI is InChI=1S/C24H24N4O3/c29-24(26-12-10-18-3-1-2-11-25-18)19-7-8-20(28-23(19)27-14-16-4-5-16)17-6-9-21-22(13-17)31-15-30-21/h1-3,6-9,11,13,16H,4-5,10,12,14-15H2,(H,26,29)(H,27,28). The van der Waals surface area contributed by atoms with Gasteiger partial charge in [-0.3, -0.25) is 9.78 Å². The number of pyridine rings is 2. The zero-order chi connectivity index (χ0) is 21.0. The number of ether oxygens (including phenoxy) is 2. The highest BCUT2D eigenvalue weighted by atomic mass is 16.7. The maximum absolute atomic E-state index is 12.9. The highest BCUT2D eigenvalue weighted by Crippen LogP contribution is 2.36. The van der Waals surface area contributed by atoms with Crippen molar-refractivity contribution >= 4 is 11.7 Å². The normalized spacial score (nSPS) is 14.3. The molecule has 0 radical (unpaired) electrons. The molecule has 2 N–H and O–H groups in total. The van der Waals surface area contributed by atoms with Gasteiger partial charge in [0.15, 0.2) is 11.5 Å². The lowest BCUT2D eigenvalue weighted by atomic mass is 10.1. The number of benzene rings is 1. The van der Waals surface area contributed by atoms with Crippen LogP contribution in [-0.2, 0) is 6.42 Å². The number of hydrogen-bond acceptors (Lipinski definition) is 6. The zero-order valence-electron chi connectivity index (χ0n) is 17.1. The number of fused-ring (bicyclic) bond motifs is 1. The van der Waals surface area contributed by atoms with Gasteiger partial charge in [-0.05, 0) is 61.2 Å². The van der Waals surface area contributed by atoms with Gasteiger partial charge in [0.25, 0.3) is 5.91 Å². The first kappa shape index (κ1) is 19.4. The van der Waals surface area contributed by atoms with Gasteiger partial charge in [-0.15, -0.1) is 0 Å². The Morgan fingerprint density at radius 1 is 1.06 bits per heavy atom. The van der Waals surface area contributed by atoms with E-state index < -0.39 is 0 Å². The van der Waals surface area contributed by atoms with Gasteiger partial charge < -0.3 is 20.1 Å². The van der Waals surface area contributed by atoms with Crippen LogP contribution in [0.15, 0.2) is 54.7 Å². The third kappa shape index (κ3) is 4.60. The molecule has 2 aromatic heterocycles. The Labute approximate surface area is 180 Å². The fraction of sp³-hybridized carbons (Fsp3) is 0.292. The van der Waals surface area contributed by atoms with Crippen LogP contribution in [0.5, 0.6) is 11.5 Å². The lowest BCUT2D eigenvalue weighted by molar-refractivity contribution is 0.0954. The van der Waals surface area contributed by atoms with Crippen molar-refractivity contribution in [2.45, 2.75) is 19.3 Å². The van der Waals surface area contributed by atoms with Gasteiger partial charge in [-0.25, -0.2) is 4.98 Å². The second kappa shape index (κ2) is 8.63. The summed E-state index contributed by atoms with van der Waals surface area (Å²) in [6.45, 7) is 1.58. The Kier molecular flexibility index (Phi) is 5.39. The van der Waals surface area contributed by atoms with Gasteiger partial charge >= 0.3 is 0 Å². The van der Waals surface area contributed by atoms with E-state index in [1.54, 1.807) is 6.20 Å². The largest absolute Gasteiger partial charge is 0.454 e. The molecule has 1 aromatic carbocycles. The summed E-state index contributed by atoms with van der Waals surface area (Å²) in [4.78, 5) is 21.9. The van der Waals surface area contributed by atoms with Gasteiger partial charge in [0.05, 0.1) is 11.3 Å². The molecule has 158 valence electrons. The summed E-state index contributed by atoms with van der Waals surface area (Å²) in [5.74, 6) is 2.58. The first-order chi connectivity index (χ1) is 15.3. The average molecular weight is 416 g/mol. The fourth-order valence-electron chi connectivity index (χ4n) is 3.50. The molecule has 0 bridgehead atoms. The Balaban J connectivity index is 1.33. The summed E-state index contributed by atoms with van der Waals surface area (Å²) in [5.41, 5.74) is 3.19. The maximum atomic E-state index is 12.9. The van der Waals surface area contributed by atoms with E-state index in [4.69, 9.17) is 14.5 Å². The number of anilines is 1. The SMILES string of the molecule is O=C(NCCc1ccccn1)c1ccc(-c2ccc3c(c2)OCO3)nc1NCC1CC1. The molecule has 2 aliphatic rings. The predicted octanol–water partition coefficient (Wildman–Crippen LogP) is 3.67. The molecule has 1 amide bonds. The van der Waals surface area contributed by atoms with E-state index in [2.05, 4.69) is 15.6 Å². The molecule has 3 heterocycles. The predicted molar refractivity (Wildman–Crippen MR) is 117 cm³/mol. The summed E-state index contributed by atoms with van der Waals surface area (Å²) in [6, 6.07) is 15.2. The third-order valence-corrected chi connectivity index (χ3v) is 5.46. The second-order valence-corrected chi connectivity index (χ2v) is 7.81. The smallest absolute Gasteiger partial charge is 0.255 e. The van der Waals surface area contributed by atoms with Gasteiger partial charge in [0, 0.05) is 37.0 Å². The monoisotopic (exact) mass is 416 g/mol. The van der Waals surface area contributed by atoms with E-state index in [1.807, 2.05) is 48.5 Å². The Bertz CT molecular complexity index is 1080. The lowest BCUT2D eigenvalue weighted by Crippen LogP contribution is -2.27. The van der Waals surface area contributed by atoms with Crippen molar-refractivity contribution in [3.05, 3.63) is 66.0 Å². The van der Waals surface area contributed by atoms with E-state index in [0.717, 1.165) is 29.2 Å². The number of amides is 1. The Morgan fingerprint density at radius 2 is 1.97 bits per heavy atom. The molecule has 1 fully saturated rings. The fourth-order valence-corrected chi connectivity index (χ4v) is 3.50. The van der Waals surface area contributed by atoms with Crippen molar-refractivity contribution < 1.29 is 14.3 Å². The molecule has 1 aliphatic carbocycles. The molecule has 5 rings (SSSR count). The van der Waals surface area contributed by atoms with Crippen molar-refractivity contribution in [1.29, 1.82) is 0 Å². The highest BCUT2D eigenvalue weighted by Gasteiger charge is 2.23. The van der Waals surface area contributed by atoms with Crippen molar-refractivity contribution in [2.75, 3.05) is 25.2 Å². The molecule has 3 aromatic rings. The van der Waals surface area contributed by atoms with Crippen LogP contribution < -0.4 is 20.1 Å². The van der Waals surface area contributed by atoms with Crippen LogP contribution in [0.1, 0.15) is 28.9 Å². The van der Waals surface area contributed by atoms with Crippen LogP contribution in [-0.4, -0.2) is 35.8 Å². The van der Waals surface area contributed by atoms with Crippen LogP contribution in [0.4, 0.5) is 5.82 Å². The van der Waals surface area contributed by atoms with Crippen LogP contribution in [0.2, 0.25) is 0 Å². The topological polar surface area (TPSA) is 85.4 Å². The molecule has 0 spiro atoms. The summed E-state index contributed by atoms with van der Waals surface area (Å²) >= 11 is 0. The number of rotatable bonds is 8. The molecule has 7 heteroatoms. The minimum atomic E-state index is -0.140. The van der Waals surface area contributed by atoms with Crippen molar-refractivity contribution in [1.82, 2.24) is 15.3 Å². The van der Waals surface area contributed by atoms with Crippen molar-refractivity contribution in [3.8, 4) is 22.8 Å². The number of aromatic nitrogens is 2. The summed E-state index contributed by atoms with van der Waals surface area (Å²) in [6.07, 6.45) is 4.89. The molecule has 31 heavy (non-hydrogen) atoms. The first-order valence-electron chi connectivity index (χ1n) is 10.6. The summed E-state index contributed by atoms with van der Waals surface area (Å²) in [7, 11) is 0. The zero-order valence-corrected chi connectivity index (χ0v) is 17.1. The Morgan fingerprint density at radius 3 is 2.81 bits per heavy atom. The van der Waals surface area contributed by atoms with Gasteiger partial charge in [0.1, 0.15) is 5.82 Å². The average Bonchev–Trinajstić information content (AvgIpc) is 3.52. The van der Waals surface area contributed by atoms with E-state index >= 15 is 0 Å². The molecular formula is C24H24N4O3. The highest BCUT2D eigenvalue weighted by molar-refractivity contribution is 5.99. The number of carbonyl (C=O) groups excluding carboxylic acids is 1. The van der Waals surface area contributed by atoms with Crippen LogP contribution in [0, 0.1) is 5.92 Å². The van der Waals surface area contributed by atoms with E-state index in [0.29, 0.717) is 36.0 Å². The minimum Gasteiger partial charge on any atom is -0.454 e.